The van der Waals surface area contributed by atoms with Gasteiger partial charge in [0.1, 0.15) is 11.5 Å². The first-order valence-electron chi connectivity index (χ1n) is 17.7. The monoisotopic (exact) mass is 738 g/mol. The van der Waals surface area contributed by atoms with Crippen LogP contribution in [0.5, 0.6) is 0 Å². The number of anilines is 1. The smallest absolute Gasteiger partial charge is 0.300 e. The van der Waals surface area contributed by atoms with E-state index < -0.39 is 10.5 Å². The van der Waals surface area contributed by atoms with Crippen molar-refractivity contribution < 1.29 is 42.5 Å². The van der Waals surface area contributed by atoms with Gasteiger partial charge in [-0.2, -0.15) is 0 Å². The molecule has 1 saturated carbocycles. The number of benzene rings is 2. The molecule has 2 aromatic heterocycles. The summed E-state index contributed by atoms with van der Waals surface area (Å²) in [6, 6.07) is 13.1. The fourth-order valence-electron chi connectivity index (χ4n) is 5.32. The highest BCUT2D eigenvalue weighted by atomic mass is 19.1. The third-order valence-electron chi connectivity index (χ3n) is 8.67. The molecule has 0 spiro atoms. The van der Waals surface area contributed by atoms with Crippen molar-refractivity contribution in [3.63, 3.8) is 0 Å². The summed E-state index contributed by atoms with van der Waals surface area (Å²) in [5, 5.41) is 24.7. The fraction of sp³-hybridized carbons (Fsp3) is 0.486. The predicted octanol–water partition coefficient (Wildman–Crippen LogP) is 5.76. The van der Waals surface area contributed by atoms with Crippen LogP contribution in [0.2, 0.25) is 0 Å². The van der Waals surface area contributed by atoms with E-state index in [1.165, 1.54) is 23.8 Å². The van der Waals surface area contributed by atoms with Crippen LogP contribution in [0.3, 0.4) is 0 Å². The molecule has 1 aliphatic rings. The van der Waals surface area contributed by atoms with E-state index in [1.54, 1.807) is 31.2 Å². The standard InChI is InChI=1S/C34H41FN6O7.C3H6O2/c1-3-34(2,38-33(42)28-11-10-26(24-6-7-24)29(37-28)22-23-4-8-25(35)9-5-23)14-16-45-18-20-47-21-19-46-17-15-36-27-12-13-30(41(43)44)32-31(27)39-48-40-32;1-2-5-3-4/h4-5,8-13,24,36H,3,6-7,14-22H2,1-2H3,(H,38,42);3H,2H2,1H3. The zero-order chi connectivity index (χ0) is 38.1. The molecular weight excluding hydrogens is 691 g/mol. The summed E-state index contributed by atoms with van der Waals surface area (Å²) in [5.41, 5.74) is 3.67. The molecule has 0 saturated heterocycles. The summed E-state index contributed by atoms with van der Waals surface area (Å²) in [4.78, 5) is 37.8. The Morgan fingerprint density at radius 3 is 2.28 bits per heavy atom. The molecular formula is C37H47FN6O9. The molecule has 5 rings (SSSR count). The van der Waals surface area contributed by atoms with Crippen LogP contribution in [0.15, 0.2) is 53.2 Å². The van der Waals surface area contributed by atoms with Crippen molar-refractivity contribution in [2.45, 2.75) is 64.3 Å². The minimum atomic E-state index is -0.532. The maximum atomic E-state index is 13.4. The molecule has 2 aromatic carbocycles. The van der Waals surface area contributed by atoms with Crippen LogP contribution < -0.4 is 10.6 Å². The maximum Gasteiger partial charge on any atom is 0.300 e. The minimum Gasteiger partial charge on any atom is -0.468 e. The molecule has 1 amide bonds. The Bertz CT molecular complexity index is 1770. The molecule has 2 N–H and O–H groups in total. The van der Waals surface area contributed by atoms with E-state index in [-0.39, 0.29) is 28.4 Å². The Morgan fingerprint density at radius 1 is 0.981 bits per heavy atom. The van der Waals surface area contributed by atoms with Crippen LogP contribution in [0.25, 0.3) is 11.0 Å². The highest BCUT2D eigenvalue weighted by Crippen LogP contribution is 2.41. The Kier molecular flexibility index (Phi) is 16.0. The Balaban J connectivity index is 0.00000117. The third-order valence-corrected chi connectivity index (χ3v) is 8.67. The summed E-state index contributed by atoms with van der Waals surface area (Å²) in [6.07, 6.45) is 4.13. The average molecular weight is 739 g/mol. The molecule has 16 heteroatoms. The molecule has 1 atom stereocenters. The molecule has 0 aliphatic heterocycles. The number of ether oxygens (including phenoxy) is 4. The minimum absolute atomic E-state index is 0.0894. The number of non-ortho nitro benzene ring substituents is 1. The number of carbonyl (C=O) groups excluding carboxylic acids is 2. The first-order valence-corrected chi connectivity index (χ1v) is 17.7. The highest BCUT2D eigenvalue weighted by molar-refractivity contribution is 5.93. The van der Waals surface area contributed by atoms with Crippen molar-refractivity contribution in [2.75, 3.05) is 58.1 Å². The van der Waals surface area contributed by atoms with E-state index >= 15 is 0 Å². The molecule has 286 valence electrons. The first-order chi connectivity index (χ1) is 25.7. The van der Waals surface area contributed by atoms with Crippen LogP contribution in [-0.2, 0) is 30.2 Å². The van der Waals surface area contributed by atoms with Crippen LogP contribution in [0, 0.1) is 15.9 Å². The number of rotatable bonds is 22. The number of carbonyl (C=O) groups is 2. The number of amides is 1. The summed E-state index contributed by atoms with van der Waals surface area (Å²) in [7, 11) is 0. The second-order valence-corrected chi connectivity index (χ2v) is 12.6. The normalized spacial score (nSPS) is 13.4. The van der Waals surface area contributed by atoms with Crippen molar-refractivity contribution in [1.29, 1.82) is 0 Å². The Morgan fingerprint density at radius 2 is 1.66 bits per heavy atom. The van der Waals surface area contributed by atoms with Gasteiger partial charge in [0, 0.05) is 36.9 Å². The molecule has 2 heterocycles. The molecule has 1 unspecified atom stereocenters. The van der Waals surface area contributed by atoms with Gasteiger partial charge in [0.25, 0.3) is 12.4 Å². The van der Waals surface area contributed by atoms with Crippen molar-refractivity contribution in [3.8, 4) is 0 Å². The maximum absolute atomic E-state index is 13.4. The third kappa shape index (κ3) is 12.8. The largest absolute Gasteiger partial charge is 0.468 e. The topological polar surface area (TPSA) is 190 Å². The summed E-state index contributed by atoms with van der Waals surface area (Å²) in [5.74, 6) is -0.0256. The van der Waals surface area contributed by atoms with Gasteiger partial charge in [0.2, 0.25) is 5.52 Å². The van der Waals surface area contributed by atoms with Crippen molar-refractivity contribution >= 4 is 34.8 Å². The van der Waals surface area contributed by atoms with Crippen molar-refractivity contribution in [2.24, 2.45) is 0 Å². The first kappa shape index (κ1) is 40.7. The van der Waals surface area contributed by atoms with E-state index in [2.05, 4.69) is 30.3 Å². The summed E-state index contributed by atoms with van der Waals surface area (Å²) >= 11 is 0. The van der Waals surface area contributed by atoms with Crippen LogP contribution in [-0.4, -0.2) is 90.9 Å². The van der Waals surface area contributed by atoms with Crippen LogP contribution in [0.4, 0.5) is 15.8 Å². The van der Waals surface area contributed by atoms with Gasteiger partial charge in [0.15, 0.2) is 5.52 Å². The zero-order valence-corrected chi connectivity index (χ0v) is 30.3. The lowest BCUT2D eigenvalue weighted by atomic mass is 9.94. The number of hydrogen-bond donors (Lipinski definition) is 2. The lowest BCUT2D eigenvalue weighted by Crippen LogP contribution is -2.46. The number of hydrogen-bond acceptors (Lipinski definition) is 13. The van der Waals surface area contributed by atoms with Gasteiger partial charge in [-0.1, -0.05) is 25.1 Å². The number of fused-ring (bicyclic) bond motifs is 1. The van der Waals surface area contributed by atoms with Crippen LogP contribution in [0.1, 0.15) is 79.7 Å². The van der Waals surface area contributed by atoms with E-state index in [9.17, 15) is 24.1 Å². The highest BCUT2D eigenvalue weighted by Gasteiger charge is 2.29. The van der Waals surface area contributed by atoms with Gasteiger partial charge in [-0.15, -0.1) is 0 Å². The van der Waals surface area contributed by atoms with Gasteiger partial charge >= 0.3 is 5.69 Å². The molecule has 1 fully saturated rings. The van der Waals surface area contributed by atoms with Gasteiger partial charge in [-0.3, -0.25) is 19.7 Å². The number of nitro groups is 1. The molecule has 1 aliphatic carbocycles. The molecule has 0 radical (unpaired) electrons. The van der Waals surface area contributed by atoms with E-state index in [1.807, 2.05) is 19.9 Å². The predicted molar refractivity (Wildman–Crippen MR) is 193 cm³/mol. The number of halogens is 1. The van der Waals surface area contributed by atoms with Gasteiger partial charge in [-0.05, 0) is 91.2 Å². The van der Waals surface area contributed by atoms with E-state index in [4.69, 9.17) is 19.2 Å². The van der Waals surface area contributed by atoms with Crippen molar-refractivity contribution in [3.05, 3.63) is 87.0 Å². The molecule has 0 bridgehead atoms. The van der Waals surface area contributed by atoms with Gasteiger partial charge in [0.05, 0.1) is 50.3 Å². The zero-order valence-electron chi connectivity index (χ0n) is 30.3. The second kappa shape index (κ2) is 20.8. The number of pyridine rings is 1. The SMILES string of the molecule is CCC(C)(CCOCCOCCOCCNc1ccc([N+](=O)[O-])c2nonc12)NC(=O)c1ccc(C2CC2)c(Cc2ccc(F)cc2)n1.CCOC=O. The molecule has 15 nitrogen and oxygen atoms in total. The van der Waals surface area contributed by atoms with Gasteiger partial charge < -0.3 is 29.6 Å². The van der Waals surface area contributed by atoms with E-state index in [0.717, 1.165) is 30.5 Å². The molecule has 4 aromatic rings. The average Bonchev–Trinajstić information content (AvgIpc) is 3.88. The van der Waals surface area contributed by atoms with E-state index in [0.29, 0.717) is 89.4 Å². The Hall–Kier alpha value is -5.06. The lowest BCUT2D eigenvalue weighted by Gasteiger charge is -2.29. The summed E-state index contributed by atoms with van der Waals surface area (Å²) in [6.45, 7) is 9.60. The second-order valence-electron chi connectivity index (χ2n) is 12.6. The van der Waals surface area contributed by atoms with Gasteiger partial charge in [-0.25, -0.2) is 14.0 Å². The number of nitrogens with one attached hydrogen (secondary N) is 2. The van der Waals surface area contributed by atoms with Crippen molar-refractivity contribution in [1.82, 2.24) is 20.6 Å². The fourth-order valence-corrected chi connectivity index (χ4v) is 5.32. The van der Waals surface area contributed by atoms with Crippen LogP contribution >= 0.6 is 0 Å². The Labute approximate surface area is 307 Å². The number of nitro benzene ring substituents is 1. The number of nitrogens with zero attached hydrogens (tertiary/aromatic N) is 4. The molecule has 53 heavy (non-hydrogen) atoms. The quantitative estimate of drug-likeness (QED) is 0.0429. The number of aromatic nitrogens is 3. The lowest BCUT2D eigenvalue weighted by molar-refractivity contribution is -0.383. The summed E-state index contributed by atoms with van der Waals surface area (Å²) < 4.78 is 39.2.